The lowest BCUT2D eigenvalue weighted by atomic mass is 10.1. The fourth-order valence-corrected chi connectivity index (χ4v) is 3.68. The van der Waals surface area contributed by atoms with E-state index in [4.69, 9.17) is 0 Å². The summed E-state index contributed by atoms with van der Waals surface area (Å²) in [6, 6.07) is 22.7. The highest BCUT2D eigenvalue weighted by Crippen LogP contribution is 2.24. The summed E-state index contributed by atoms with van der Waals surface area (Å²) in [5.41, 5.74) is 4.86. The molecule has 4 heteroatoms. The van der Waals surface area contributed by atoms with Crippen molar-refractivity contribution in [3.8, 4) is 0 Å². The Bertz CT molecular complexity index is 977. The molecule has 3 aromatic rings. The number of aryl methyl sites for hydroxylation is 2. The van der Waals surface area contributed by atoms with Crippen LogP contribution in [0.15, 0.2) is 72.8 Å². The molecule has 0 unspecified atom stereocenters. The topological polar surface area (TPSA) is 40.6 Å². The quantitative estimate of drug-likeness (QED) is 0.537. The lowest BCUT2D eigenvalue weighted by molar-refractivity contribution is 0.0987. The van der Waals surface area contributed by atoms with Gasteiger partial charge in [-0.1, -0.05) is 42.5 Å². The minimum absolute atomic E-state index is 0.111. The second-order valence-electron chi connectivity index (χ2n) is 7.25. The molecule has 154 valence electrons. The van der Waals surface area contributed by atoms with E-state index in [-0.39, 0.29) is 11.8 Å². The van der Waals surface area contributed by atoms with Crippen LogP contribution in [0.5, 0.6) is 0 Å². The van der Waals surface area contributed by atoms with E-state index in [9.17, 15) is 9.59 Å². The van der Waals surface area contributed by atoms with Crippen LogP contribution in [0.4, 0.5) is 11.4 Å². The SMILES string of the molecule is CCN(C(=O)c1cccc(C(=O)N(CC)c2ccccc2C)c1)c1ccccc1C. The van der Waals surface area contributed by atoms with Crippen molar-refractivity contribution in [3.05, 3.63) is 95.1 Å². The van der Waals surface area contributed by atoms with Crippen LogP contribution in [0, 0.1) is 13.8 Å². The van der Waals surface area contributed by atoms with Crippen molar-refractivity contribution in [2.75, 3.05) is 22.9 Å². The molecular formula is C26H28N2O2. The molecule has 0 saturated heterocycles. The van der Waals surface area contributed by atoms with E-state index in [0.717, 1.165) is 22.5 Å². The van der Waals surface area contributed by atoms with Gasteiger partial charge >= 0.3 is 0 Å². The molecule has 30 heavy (non-hydrogen) atoms. The third-order valence-electron chi connectivity index (χ3n) is 5.29. The monoisotopic (exact) mass is 400 g/mol. The lowest BCUT2D eigenvalue weighted by Gasteiger charge is -2.24. The van der Waals surface area contributed by atoms with Crippen molar-refractivity contribution in [2.45, 2.75) is 27.7 Å². The Balaban J connectivity index is 1.93. The summed E-state index contributed by atoms with van der Waals surface area (Å²) in [6.07, 6.45) is 0. The van der Waals surface area contributed by atoms with Crippen LogP contribution in [0.3, 0.4) is 0 Å². The maximum atomic E-state index is 13.3. The van der Waals surface area contributed by atoms with Gasteiger partial charge in [0.2, 0.25) is 0 Å². The molecule has 0 saturated carbocycles. The number of hydrogen-bond donors (Lipinski definition) is 0. The molecule has 4 nitrogen and oxygen atoms in total. The second-order valence-corrected chi connectivity index (χ2v) is 7.25. The summed E-state index contributed by atoms with van der Waals surface area (Å²) in [7, 11) is 0. The lowest BCUT2D eigenvalue weighted by Crippen LogP contribution is -2.33. The van der Waals surface area contributed by atoms with Crippen LogP contribution < -0.4 is 9.80 Å². The van der Waals surface area contributed by atoms with Crippen molar-refractivity contribution < 1.29 is 9.59 Å². The van der Waals surface area contributed by atoms with Crippen LogP contribution in [0.1, 0.15) is 45.7 Å². The zero-order valence-electron chi connectivity index (χ0n) is 18.1. The van der Waals surface area contributed by atoms with E-state index in [1.165, 1.54) is 0 Å². The van der Waals surface area contributed by atoms with Gasteiger partial charge in [0, 0.05) is 35.6 Å². The van der Waals surface area contributed by atoms with E-state index >= 15 is 0 Å². The van der Waals surface area contributed by atoms with Crippen molar-refractivity contribution in [2.24, 2.45) is 0 Å². The van der Waals surface area contributed by atoms with Gasteiger partial charge in [-0.2, -0.15) is 0 Å². The zero-order chi connectivity index (χ0) is 21.7. The number of amides is 2. The first kappa shape index (κ1) is 21.3. The summed E-state index contributed by atoms with van der Waals surface area (Å²) in [5.74, 6) is -0.221. The van der Waals surface area contributed by atoms with Gasteiger partial charge in [-0.15, -0.1) is 0 Å². The Labute approximate surface area is 178 Å². The van der Waals surface area contributed by atoms with Crippen LogP contribution in [-0.2, 0) is 0 Å². The minimum atomic E-state index is -0.111. The number of carbonyl (C=O) groups is 2. The average molecular weight is 401 g/mol. The van der Waals surface area contributed by atoms with Crippen molar-refractivity contribution in [1.82, 2.24) is 0 Å². The molecule has 3 rings (SSSR count). The number of para-hydroxylation sites is 2. The Morgan fingerprint density at radius 2 is 1.03 bits per heavy atom. The van der Waals surface area contributed by atoms with Gasteiger partial charge in [0.15, 0.2) is 0 Å². The van der Waals surface area contributed by atoms with E-state index in [1.807, 2.05) is 76.2 Å². The summed E-state index contributed by atoms with van der Waals surface area (Å²) in [6.45, 7) is 8.99. The molecule has 0 heterocycles. The maximum absolute atomic E-state index is 13.3. The number of hydrogen-bond acceptors (Lipinski definition) is 2. The van der Waals surface area contributed by atoms with Crippen molar-refractivity contribution >= 4 is 23.2 Å². The van der Waals surface area contributed by atoms with Gasteiger partial charge in [0.25, 0.3) is 11.8 Å². The van der Waals surface area contributed by atoms with Gasteiger partial charge in [0.1, 0.15) is 0 Å². The Kier molecular flexibility index (Phi) is 6.68. The minimum Gasteiger partial charge on any atom is -0.308 e. The summed E-state index contributed by atoms with van der Waals surface area (Å²) < 4.78 is 0. The zero-order valence-corrected chi connectivity index (χ0v) is 18.1. The Morgan fingerprint density at radius 1 is 0.633 bits per heavy atom. The molecule has 0 atom stereocenters. The van der Waals surface area contributed by atoms with Crippen LogP contribution in [-0.4, -0.2) is 24.9 Å². The Morgan fingerprint density at radius 3 is 1.40 bits per heavy atom. The summed E-state index contributed by atoms with van der Waals surface area (Å²) in [5, 5.41) is 0. The number of benzene rings is 3. The number of carbonyl (C=O) groups excluding carboxylic acids is 2. The highest BCUT2D eigenvalue weighted by Gasteiger charge is 2.21. The number of rotatable bonds is 6. The molecule has 0 aliphatic carbocycles. The van der Waals surface area contributed by atoms with Crippen LogP contribution in [0.2, 0.25) is 0 Å². The van der Waals surface area contributed by atoms with Crippen molar-refractivity contribution in [3.63, 3.8) is 0 Å². The standard InChI is InChI=1S/C26H28N2O2/c1-5-27(23-16-9-7-12-19(23)3)25(29)21-14-11-15-22(18-21)26(30)28(6-2)24-17-10-8-13-20(24)4/h7-18H,5-6H2,1-4H3. The predicted molar refractivity (Wildman–Crippen MR) is 124 cm³/mol. The van der Waals surface area contributed by atoms with Gasteiger partial charge in [-0.25, -0.2) is 0 Å². The third kappa shape index (κ3) is 4.28. The number of nitrogens with zero attached hydrogens (tertiary/aromatic N) is 2. The smallest absolute Gasteiger partial charge is 0.258 e. The number of anilines is 2. The van der Waals surface area contributed by atoms with Gasteiger partial charge in [0.05, 0.1) is 0 Å². The molecule has 0 bridgehead atoms. The summed E-state index contributed by atoms with van der Waals surface area (Å²) in [4.78, 5) is 30.0. The van der Waals surface area contributed by atoms with Crippen molar-refractivity contribution in [1.29, 1.82) is 0 Å². The molecule has 0 spiro atoms. The molecular weight excluding hydrogens is 372 g/mol. The van der Waals surface area contributed by atoms with E-state index in [1.54, 1.807) is 34.1 Å². The molecule has 0 aliphatic rings. The first-order valence-corrected chi connectivity index (χ1v) is 10.3. The normalized spacial score (nSPS) is 10.5. The van der Waals surface area contributed by atoms with E-state index < -0.39 is 0 Å². The van der Waals surface area contributed by atoms with Gasteiger partial charge < -0.3 is 9.80 Å². The maximum Gasteiger partial charge on any atom is 0.258 e. The molecule has 0 aliphatic heterocycles. The predicted octanol–water partition coefficient (Wildman–Crippen LogP) is 5.64. The molecule has 2 amide bonds. The fraction of sp³-hybridized carbons (Fsp3) is 0.231. The van der Waals surface area contributed by atoms with Gasteiger partial charge in [-0.3, -0.25) is 9.59 Å². The first-order valence-electron chi connectivity index (χ1n) is 10.3. The highest BCUT2D eigenvalue weighted by atomic mass is 16.2. The molecule has 0 aromatic heterocycles. The largest absolute Gasteiger partial charge is 0.308 e. The second kappa shape index (κ2) is 9.40. The van der Waals surface area contributed by atoms with Gasteiger partial charge in [-0.05, 0) is 69.2 Å². The van der Waals surface area contributed by atoms with Crippen LogP contribution >= 0.6 is 0 Å². The molecule has 3 aromatic carbocycles. The molecule has 0 N–H and O–H groups in total. The molecule has 0 radical (unpaired) electrons. The van der Waals surface area contributed by atoms with E-state index in [0.29, 0.717) is 24.2 Å². The fourth-order valence-electron chi connectivity index (χ4n) is 3.68. The third-order valence-corrected chi connectivity index (χ3v) is 5.29. The highest BCUT2D eigenvalue weighted by molar-refractivity contribution is 6.10. The van der Waals surface area contributed by atoms with E-state index in [2.05, 4.69) is 0 Å². The average Bonchev–Trinajstić information content (AvgIpc) is 2.77. The van der Waals surface area contributed by atoms with Crippen LogP contribution in [0.25, 0.3) is 0 Å². The Hall–Kier alpha value is -3.40. The first-order chi connectivity index (χ1) is 14.5. The molecule has 0 fully saturated rings. The summed E-state index contributed by atoms with van der Waals surface area (Å²) >= 11 is 0.